The molecule has 0 amide bonds. The van der Waals surface area contributed by atoms with Crippen LogP contribution >= 0.6 is 9.47 Å². The van der Waals surface area contributed by atoms with Crippen LogP contribution in [0.15, 0.2) is 0 Å². The topological polar surface area (TPSA) is 101 Å². The number of hydrogen-bond donors (Lipinski definition) is 2. The zero-order chi connectivity index (χ0) is 11.1. The summed E-state index contributed by atoms with van der Waals surface area (Å²) in [4.78, 5) is 31.5. The maximum atomic E-state index is 11.0. The molecule has 0 aliphatic rings. The SMILES string of the molecule is O=C(O)CCC(CC(=O)O)C(=O)OP. The van der Waals surface area contributed by atoms with Gasteiger partial charge in [0.2, 0.25) is 0 Å². The Kier molecular flexibility index (Phi) is 5.79. The molecule has 0 aliphatic carbocycles. The van der Waals surface area contributed by atoms with Crippen LogP contribution in [0.1, 0.15) is 19.3 Å². The van der Waals surface area contributed by atoms with E-state index in [1.807, 2.05) is 0 Å². The fraction of sp³-hybridized carbons (Fsp3) is 0.571. The zero-order valence-electron chi connectivity index (χ0n) is 7.30. The maximum Gasteiger partial charge on any atom is 0.311 e. The molecule has 80 valence electrons. The number of carbonyl (C=O) groups excluding carboxylic acids is 1. The predicted molar refractivity (Wildman–Crippen MR) is 48.4 cm³/mol. The van der Waals surface area contributed by atoms with Crippen LogP contribution in [0.25, 0.3) is 0 Å². The number of aliphatic carboxylic acids is 2. The Balaban J connectivity index is 4.17. The van der Waals surface area contributed by atoms with Gasteiger partial charge in [0.1, 0.15) is 0 Å². The van der Waals surface area contributed by atoms with Crippen molar-refractivity contribution in [2.45, 2.75) is 19.3 Å². The Bertz CT molecular complexity index is 238. The predicted octanol–water partition coefficient (Wildman–Crippen LogP) is 0.275. The van der Waals surface area contributed by atoms with Crippen molar-refractivity contribution < 1.29 is 29.1 Å². The van der Waals surface area contributed by atoms with Crippen molar-refractivity contribution in [3.8, 4) is 0 Å². The molecular formula is C7H11O6P. The minimum Gasteiger partial charge on any atom is -0.481 e. The standard InChI is InChI=1S/C7H11O6P/c8-5(9)2-1-4(3-6(10)11)7(12)13-14/h4H,1-3,14H2,(H,8,9)(H,10,11). The van der Waals surface area contributed by atoms with Crippen molar-refractivity contribution in [1.29, 1.82) is 0 Å². The van der Waals surface area contributed by atoms with Crippen molar-refractivity contribution in [2.24, 2.45) is 5.92 Å². The molecule has 0 aromatic carbocycles. The van der Waals surface area contributed by atoms with Crippen LogP contribution in [0.5, 0.6) is 0 Å². The minimum absolute atomic E-state index is 0.0329. The maximum absolute atomic E-state index is 11.0. The minimum atomic E-state index is -1.16. The van der Waals surface area contributed by atoms with Gasteiger partial charge in [0.15, 0.2) is 0 Å². The largest absolute Gasteiger partial charge is 0.481 e. The van der Waals surface area contributed by atoms with Gasteiger partial charge in [-0.05, 0) is 6.42 Å². The van der Waals surface area contributed by atoms with Crippen LogP contribution < -0.4 is 0 Å². The van der Waals surface area contributed by atoms with E-state index in [0.29, 0.717) is 0 Å². The average molecular weight is 222 g/mol. The van der Waals surface area contributed by atoms with Crippen molar-refractivity contribution in [3.05, 3.63) is 0 Å². The third kappa shape index (κ3) is 5.48. The third-order valence-corrected chi connectivity index (χ3v) is 1.81. The second-order valence-electron chi connectivity index (χ2n) is 2.66. The van der Waals surface area contributed by atoms with Gasteiger partial charge in [0, 0.05) is 6.42 Å². The van der Waals surface area contributed by atoms with Gasteiger partial charge in [0.05, 0.1) is 21.8 Å². The molecule has 2 atom stereocenters. The van der Waals surface area contributed by atoms with E-state index < -0.39 is 30.2 Å². The van der Waals surface area contributed by atoms with Gasteiger partial charge in [0.25, 0.3) is 0 Å². The van der Waals surface area contributed by atoms with E-state index >= 15 is 0 Å². The summed E-state index contributed by atoms with van der Waals surface area (Å²) in [7, 11) is 1.71. The van der Waals surface area contributed by atoms with E-state index in [1.54, 1.807) is 9.47 Å². The molecule has 2 unspecified atom stereocenters. The van der Waals surface area contributed by atoms with Crippen molar-refractivity contribution in [1.82, 2.24) is 0 Å². The van der Waals surface area contributed by atoms with Crippen LogP contribution in [0, 0.1) is 5.92 Å². The summed E-state index contributed by atoms with van der Waals surface area (Å²) in [6.45, 7) is 0. The highest BCUT2D eigenvalue weighted by Crippen LogP contribution is 2.14. The summed E-state index contributed by atoms with van der Waals surface area (Å²) in [6.07, 6.45) is -0.701. The Hall–Kier alpha value is -1.16. The summed E-state index contributed by atoms with van der Waals surface area (Å²) < 4.78 is 4.27. The molecule has 0 spiro atoms. The van der Waals surface area contributed by atoms with E-state index in [1.165, 1.54) is 0 Å². The first-order valence-corrected chi connectivity index (χ1v) is 4.28. The first kappa shape index (κ1) is 12.8. The molecule has 0 aromatic rings. The van der Waals surface area contributed by atoms with E-state index in [4.69, 9.17) is 10.2 Å². The molecule has 0 rings (SSSR count). The fourth-order valence-corrected chi connectivity index (χ4v) is 1.10. The molecule has 0 heterocycles. The summed E-state index contributed by atoms with van der Waals surface area (Å²) in [6, 6.07) is 0. The highest BCUT2D eigenvalue weighted by Gasteiger charge is 2.23. The summed E-state index contributed by atoms with van der Waals surface area (Å²) in [5.41, 5.74) is 0. The first-order chi connectivity index (χ1) is 6.47. The van der Waals surface area contributed by atoms with Gasteiger partial charge in [-0.2, -0.15) is 0 Å². The Morgan fingerprint density at radius 3 is 2.14 bits per heavy atom. The monoisotopic (exact) mass is 222 g/mol. The lowest BCUT2D eigenvalue weighted by Gasteiger charge is -2.09. The smallest absolute Gasteiger partial charge is 0.311 e. The summed E-state index contributed by atoms with van der Waals surface area (Å²) >= 11 is 0. The Morgan fingerprint density at radius 1 is 1.21 bits per heavy atom. The van der Waals surface area contributed by atoms with Gasteiger partial charge in [-0.3, -0.25) is 14.4 Å². The zero-order valence-corrected chi connectivity index (χ0v) is 8.46. The van der Waals surface area contributed by atoms with Gasteiger partial charge in [-0.1, -0.05) is 0 Å². The first-order valence-electron chi connectivity index (χ1n) is 3.81. The van der Waals surface area contributed by atoms with Gasteiger partial charge < -0.3 is 14.7 Å². The molecule has 0 fully saturated rings. The van der Waals surface area contributed by atoms with Crippen LogP contribution in [0.2, 0.25) is 0 Å². The second kappa shape index (κ2) is 6.32. The molecule has 2 N–H and O–H groups in total. The lowest BCUT2D eigenvalue weighted by Crippen LogP contribution is -2.19. The molecule has 14 heavy (non-hydrogen) atoms. The van der Waals surface area contributed by atoms with Crippen molar-refractivity contribution in [3.63, 3.8) is 0 Å². The van der Waals surface area contributed by atoms with E-state index in [2.05, 4.69) is 4.52 Å². The molecule has 6 nitrogen and oxygen atoms in total. The number of carboxylic acids is 2. The number of carboxylic acid groups (broad SMARTS) is 2. The number of rotatable bonds is 6. The summed E-state index contributed by atoms with van der Waals surface area (Å²) in [5, 5.41) is 16.8. The van der Waals surface area contributed by atoms with Gasteiger partial charge >= 0.3 is 17.9 Å². The second-order valence-corrected chi connectivity index (χ2v) is 2.90. The third-order valence-electron chi connectivity index (χ3n) is 1.58. The van der Waals surface area contributed by atoms with Gasteiger partial charge in [-0.25, -0.2) is 0 Å². The Labute approximate surface area is 82.5 Å². The molecule has 0 bridgehead atoms. The van der Waals surface area contributed by atoms with Crippen molar-refractivity contribution in [2.75, 3.05) is 0 Å². The average Bonchev–Trinajstić information content (AvgIpc) is 2.10. The van der Waals surface area contributed by atoms with Crippen LogP contribution in [0.3, 0.4) is 0 Å². The molecule has 0 aliphatic heterocycles. The lowest BCUT2D eigenvalue weighted by atomic mass is 10.00. The molecule has 0 radical (unpaired) electrons. The number of hydrogen-bond acceptors (Lipinski definition) is 4. The number of carbonyl (C=O) groups is 3. The normalized spacial score (nSPS) is 11.8. The van der Waals surface area contributed by atoms with Crippen LogP contribution in [-0.2, 0) is 18.9 Å². The highest BCUT2D eigenvalue weighted by atomic mass is 31.0. The van der Waals surface area contributed by atoms with Crippen molar-refractivity contribution >= 4 is 27.4 Å². The summed E-state index contributed by atoms with van der Waals surface area (Å²) in [5.74, 6) is -3.85. The molecule has 0 saturated carbocycles. The lowest BCUT2D eigenvalue weighted by molar-refractivity contribution is -0.147. The van der Waals surface area contributed by atoms with Crippen LogP contribution in [0.4, 0.5) is 0 Å². The molecule has 7 heteroatoms. The highest BCUT2D eigenvalue weighted by molar-refractivity contribution is 7.10. The van der Waals surface area contributed by atoms with Gasteiger partial charge in [-0.15, -0.1) is 0 Å². The Morgan fingerprint density at radius 2 is 1.79 bits per heavy atom. The molecular weight excluding hydrogens is 211 g/mol. The van der Waals surface area contributed by atoms with Crippen LogP contribution in [-0.4, -0.2) is 28.1 Å². The fourth-order valence-electron chi connectivity index (χ4n) is 0.908. The molecule has 0 aromatic heterocycles. The quantitative estimate of drug-likeness (QED) is 0.625. The van der Waals surface area contributed by atoms with E-state index in [-0.39, 0.29) is 12.8 Å². The van der Waals surface area contributed by atoms with E-state index in [9.17, 15) is 14.4 Å². The molecule has 0 saturated heterocycles. The van der Waals surface area contributed by atoms with E-state index in [0.717, 1.165) is 0 Å².